The summed E-state index contributed by atoms with van der Waals surface area (Å²) in [5.41, 5.74) is 1.93. The first-order chi connectivity index (χ1) is 13.0. The molecule has 0 saturated carbocycles. The van der Waals surface area contributed by atoms with Crippen LogP contribution in [0.2, 0.25) is 10.0 Å². The highest BCUT2D eigenvalue weighted by atomic mass is 35.5. The van der Waals surface area contributed by atoms with Crippen molar-refractivity contribution in [3.63, 3.8) is 0 Å². The van der Waals surface area contributed by atoms with Crippen molar-refractivity contribution in [1.82, 2.24) is 0 Å². The number of halogens is 2. The average Bonchev–Trinajstić information content (AvgIpc) is 2.70. The Labute approximate surface area is 167 Å². The molecule has 0 aromatic heterocycles. The van der Waals surface area contributed by atoms with E-state index in [9.17, 15) is 9.59 Å². The molecule has 0 aliphatic rings. The van der Waals surface area contributed by atoms with Gasteiger partial charge in [0.1, 0.15) is 0 Å². The van der Waals surface area contributed by atoms with E-state index in [4.69, 9.17) is 23.2 Å². The van der Waals surface area contributed by atoms with E-state index in [1.54, 1.807) is 49.5 Å². The molecule has 0 atom stereocenters. The quantitative estimate of drug-likeness (QED) is 0.628. The zero-order chi connectivity index (χ0) is 19.4. The van der Waals surface area contributed by atoms with Crippen LogP contribution in [0.4, 0.5) is 11.4 Å². The summed E-state index contributed by atoms with van der Waals surface area (Å²) in [6.45, 7) is 0. The van der Waals surface area contributed by atoms with Crippen molar-refractivity contribution in [2.75, 3.05) is 17.3 Å². The van der Waals surface area contributed by atoms with Gasteiger partial charge in [0, 0.05) is 28.9 Å². The van der Waals surface area contributed by atoms with Gasteiger partial charge in [0.15, 0.2) is 0 Å². The normalized spacial score (nSPS) is 10.3. The molecular formula is C21H16Cl2N2O2. The molecule has 136 valence electrons. The molecule has 6 heteroatoms. The van der Waals surface area contributed by atoms with Gasteiger partial charge >= 0.3 is 0 Å². The predicted octanol–water partition coefficient (Wildman–Crippen LogP) is 5.52. The lowest BCUT2D eigenvalue weighted by molar-refractivity contribution is 0.0993. The second-order valence-electron chi connectivity index (χ2n) is 5.86. The maximum Gasteiger partial charge on any atom is 0.258 e. The summed E-state index contributed by atoms with van der Waals surface area (Å²) in [4.78, 5) is 26.8. The molecule has 0 heterocycles. The Bertz CT molecular complexity index is 990. The van der Waals surface area contributed by atoms with Crippen LogP contribution in [-0.4, -0.2) is 18.9 Å². The first kappa shape index (κ1) is 19.0. The summed E-state index contributed by atoms with van der Waals surface area (Å²) >= 11 is 12.0. The van der Waals surface area contributed by atoms with Crippen molar-refractivity contribution in [3.05, 3.63) is 94.0 Å². The minimum atomic E-state index is -0.379. The summed E-state index contributed by atoms with van der Waals surface area (Å²) < 4.78 is 0. The van der Waals surface area contributed by atoms with Gasteiger partial charge in [-0.05, 0) is 48.5 Å². The topological polar surface area (TPSA) is 49.4 Å². The standard InChI is InChI=1S/C21H16Cl2N2O2/c1-25(17-8-3-2-4-9-17)21(27)15-7-5-6-14(12-15)20(26)24-19-13-16(22)10-11-18(19)23/h2-13H,1H3,(H,24,26). The fourth-order valence-corrected chi connectivity index (χ4v) is 2.88. The van der Waals surface area contributed by atoms with Crippen LogP contribution in [0.1, 0.15) is 20.7 Å². The predicted molar refractivity (Wildman–Crippen MR) is 110 cm³/mol. The summed E-state index contributed by atoms with van der Waals surface area (Å²) in [5.74, 6) is -0.590. The fourth-order valence-electron chi connectivity index (χ4n) is 2.54. The van der Waals surface area contributed by atoms with Crippen molar-refractivity contribution in [1.29, 1.82) is 0 Å². The molecule has 3 aromatic carbocycles. The van der Waals surface area contributed by atoms with Crippen LogP contribution in [0, 0.1) is 0 Å². The van der Waals surface area contributed by atoms with Crippen LogP contribution in [0.5, 0.6) is 0 Å². The number of nitrogens with zero attached hydrogens (tertiary/aromatic N) is 1. The number of hydrogen-bond donors (Lipinski definition) is 1. The molecule has 0 aliphatic carbocycles. The number of carbonyl (C=O) groups is 2. The van der Waals surface area contributed by atoms with Gasteiger partial charge in [-0.15, -0.1) is 0 Å². The van der Waals surface area contributed by atoms with Crippen molar-refractivity contribution in [3.8, 4) is 0 Å². The third-order valence-electron chi connectivity index (χ3n) is 4.00. The largest absolute Gasteiger partial charge is 0.321 e. The molecule has 0 spiro atoms. The number of benzene rings is 3. The van der Waals surface area contributed by atoms with Crippen LogP contribution < -0.4 is 10.2 Å². The summed E-state index contributed by atoms with van der Waals surface area (Å²) in [6.07, 6.45) is 0. The van der Waals surface area contributed by atoms with E-state index in [0.29, 0.717) is 26.9 Å². The Morgan fingerprint density at radius 2 is 1.56 bits per heavy atom. The molecule has 0 saturated heterocycles. The van der Waals surface area contributed by atoms with Gasteiger partial charge in [0.05, 0.1) is 10.7 Å². The first-order valence-corrected chi connectivity index (χ1v) is 8.91. The third-order valence-corrected chi connectivity index (χ3v) is 4.56. The fraction of sp³-hybridized carbons (Fsp3) is 0.0476. The second-order valence-corrected chi connectivity index (χ2v) is 6.70. The van der Waals surface area contributed by atoms with Gasteiger partial charge in [-0.2, -0.15) is 0 Å². The number of rotatable bonds is 4. The summed E-state index contributed by atoms with van der Waals surface area (Å²) in [5, 5.41) is 3.55. The minimum absolute atomic E-state index is 0.211. The van der Waals surface area contributed by atoms with Crippen LogP contribution in [-0.2, 0) is 0 Å². The van der Waals surface area contributed by atoms with Gasteiger partial charge in [-0.1, -0.05) is 47.5 Å². The monoisotopic (exact) mass is 398 g/mol. The molecule has 27 heavy (non-hydrogen) atoms. The molecule has 0 radical (unpaired) electrons. The van der Waals surface area contributed by atoms with Crippen molar-refractivity contribution in [2.24, 2.45) is 0 Å². The lowest BCUT2D eigenvalue weighted by Crippen LogP contribution is -2.26. The molecule has 3 aromatic rings. The minimum Gasteiger partial charge on any atom is -0.321 e. The molecule has 0 bridgehead atoms. The number of nitrogens with one attached hydrogen (secondary N) is 1. The number of carbonyl (C=O) groups excluding carboxylic acids is 2. The van der Waals surface area contributed by atoms with E-state index >= 15 is 0 Å². The Morgan fingerprint density at radius 1 is 0.852 bits per heavy atom. The van der Waals surface area contributed by atoms with E-state index in [2.05, 4.69) is 5.32 Å². The van der Waals surface area contributed by atoms with Gasteiger partial charge in [-0.3, -0.25) is 9.59 Å². The Hall–Kier alpha value is -2.82. The highest BCUT2D eigenvalue weighted by molar-refractivity contribution is 6.35. The third kappa shape index (κ3) is 4.48. The van der Waals surface area contributed by atoms with Crippen LogP contribution in [0.25, 0.3) is 0 Å². The van der Waals surface area contributed by atoms with Gasteiger partial charge < -0.3 is 10.2 Å². The molecule has 0 unspecified atom stereocenters. The number of para-hydroxylation sites is 1. The molecule has 4 nitrogen and oxygen atoms in total. The number of anilines is 2. The molecule has 2 amide bonds. The maximum atomic E-state index is 12.7. The number of hydrogen-bond acceptors (Lipinski definition) is 2. The average molecular weight is 399 g/mol. The van der Waals surface area contributed by atoms with E-state index in [-0.39, 0.29) is 11.8 Å². The molecule has 0 aliphatic heterocycles. The second kappa shape index (κ2) is 8.25. The maximum absolute atomic E-state index is 12.7. The zero-order valence-electron chi connectivity index (χ0n) is 14.4. The Balaban J connectivity index is 1.81. The van der Waals surface area contributed by atoms with E-state index in [1.807, 2.05) is 30.3 Å². The number of amides is 2. The zero-order valence-corrected chi connectivity index (χ0v) is 16.0. The molecular weight excluding hydrogens is 383 g/mol. The SMILES string of the molecule is CN(C(=O)c1cccc(C(=O)Nc2cc(Cl)ccc2Cl)c1)c1ccccc1. The lowest BCUT2D eigenvalue weighted by atomic mass is 10.1. The summed E-state index contributed by atoms with van der Waals surface area (Å²) in [6, 6.07) is 20.6. The molecule has 1 N–H and O–H groups in total. The molecule has 0 fully saturated rings. The van der Waals surface area contributed by atoms with Gasteiger partial charge in [0.2, 0.25) is 0 Å². The van der Waals surface area contributed by atoms with E-state index < -0.39 is 0 Å². The lowest BCUT2D eigenvalue weighted by Gasteiger charge is -2.17. The van der Waals surface area contributed by atoms with E-state index in [0.717, 1.165) is 5.69 Å². The smallest absolute Gasteiger partial charge is 0.258 e. The Morgan fingerprint density at radius 3 is 2.30 bits per heavy atom. The van der Waals surface area contributed by atoms with Crippen molar-refractivity contribution in [2.45, 2.75) is 0 Å². The highest BCUT2D eigenvalue weighted by Crippen LogP contribution is 2.26. The van der Waals surface area contributed by atoms with Crippen LogP contribution in [0.3, 0.4) is 0 Å². The highest BCUT2D eigenvalue weighted by Gasteiger charge is 2.16. The molecule has 3 rings (SSSR count). The van der Waals surface area contributed by atoms with Crippen molar-refractivity contribution < 1.29 is 9.59 Å². The summed E-state index contributed by atoms with van der Waals surface area (Å²) in [7, 11) is 1.69. The first-order valence-electron chi connectivity index (χ1n) is 8.15. The van der Waals surface area contributed by atoms with Crippen LogP contribution in [0.15, 0.2) is 72.8 Å². The van der Waals surface area contributed by atoms with Gasteiger partial charge in [0.25, 0.3) is 11.8 Å². The van der Waals surface area contributed by atoms with Crippen LogP contribution >= 0.6 is 23.2 Å². The van der Waals surface area contributed by atoms with Gasteiger partial charge in [-0.25, -0.2) is 0 Å². The Kier molecular flexibility index (Phi) is 5.79. The van der Waals surface area contributed by atoms with E-state index in [1.165, 1.54) is 4.90 Å². The van der Waals surface area contributed by atoms with Crippen molar-refractivity contribution >= 4 is 46.4 Å².